The Kier molecular flexibility index (Phi) is 6.46. The van der Waals surface area contributed by atoms with Crippen LogP contribution in [0.3, 0.4) is 0 Å². The van der Waals surface area contributed by atoms with Crippen molar-refractivity contribution in [2.75, 3.05) is 39.5 Å². The Morgan fingerprint density at radius 1 is 0.714 bits per heavy atom. The first kappa shape index (κ1) is 19.7. The van der Waals surface area contributed by atoms with E-state index in [4.69, 9.17) is 0 Å². The van der Waals surface area contributed by atoms with E-state index in [1.54, 1.807) is 36.4 Å². The molecule has 8 heteroatoms. The molecule has 0 spiro atoms. The summed E-state index contributed by atoms with van der Waals surface area (Å²) in [5.74, 6) is -0.694. The van der Waals surface area contributed by atoms with Gasteiger partial charge in [0.25, 0.3) is 11.8 Å². The standard InChI is InChI=1S/C20H24N4O4/c25-17-7-3-1-5-15(17)19(27)21-13-23-9-11-24(12-10-23)14-22-20(28)16-6-2-4-8-18(16)26/h1-8,25-26H,9-14H2,(H,21,27)(H,22,28). The predicted octanol–water partition coefficient (Wildman–Crippen LogP) is 0.790. The topological polar surface area (TPSA) is 105 Å². The highest BCUT2D eigenvalue weighted by molar-refractivity contribution is 5.97. The van der Waals surface area contributed by atoms with Crippen LogP contribution in [0.2, 0.25) is 0 Å². The van der Waals surface area contributed by atoms with Crippen molar-refractivity contribution >= 4 is 11.8 Å². The predicted molar refractivity (Wildman–Crippen MR) is 104 cm³/mol. The van der Waals surface area contributed by atoms with Crippen molar-refractivity contribution in [3.63, 3.8) is 0 Å². The highest BCUT2D eigenvalue weighted by atomic mass is 16.3. The van der Waals surface area contributed by atoms with Crippen molar-refractivity contribution in [1.82, 2.24) is 20.4 Å². The molecule has 1 aliphatic heterocycles. The molecular formula is C20H24N4O4. The fourth-order valence-electron chi connectivity index (χ4n) is 2.99. The second-order valence-electron chi connectivity index (χ2n) is 6.60. The lowest BCUT2D eigenvalue weighted by molar-refractivity contribution is 0.0807. The molecule has 1 heterocycles. The SMILES string of the molecule is O=C(NCN1CCN(CNC(=O)c2ccccc2O)CC1)c1ccccc1O. The van der Waals surface area contributed by atoms with Gasteiger partial charge < -0.3 is 20.8 Å². The Morgan fingerprint density at radius 3 is 1.43 bits per heavy atom. The van der Waals surface area contributed by atoms with Crippen LogP contribution >= 0.6 is 0 Å². The number of nitrogens with zero attached hydrogens (tertiary/aromatic N) is 2. The maximum atomic E-state index is 12.1. The molecule has 28 heavy (non-hydrogen) atoms. The van der Waals surface area contributed by atoms with E-state index in [1.807, 2.05) is 0 Å². The van der Waals surface area contributed by atoms with Gasteiger partial charge in [-0.1, -0.05) is 24.3 Å². The van der Waals surface area contributed by atoms with Crippen molar-refractivity contribution in [3.8, 4) is 11.5 Å². The van der Waals surface area contributed by atoms with Gasteiger partial charge in [-0.25, -0.2) is 0 Å². The Labute approximate surface area is 163 Å². The second kappa shape index (κ2) is 9.20. The molecule has 0 radical (unpaired) electrons. The van der Waals surface area contributed by atoms with E-state index in [1.165, 1.54) is 12.1 Å². The molecule has 0 bridgehead atoms. The summed E-state index contributed by atoms with van der Waals surface area (Å²) in [4.78, 5) is 28.5. The normalized spacial score (nSPS) is 15.1. The van der Waals surface area contributed by atoms with Crippen LogP contribution in [0.25, 0.3) is 0 Å². The zero-order valence-electron chi connectivity index (χ0n) is 15.5. The van der Waals surface area contributed by atoms with Gasteiger partial charge in [-0.3, -0.25) is 19.4 Å². The number of aromatic hydroxyl groups is 2. The van der Waals surface area contributed by atoms with Crippen LogP contribution in [-0.4, -0.2) is 71.3 Å². The number of rotatable bonds is 6. The number of benzene rings is 2. The maximum Gasteiger partial charge on any atom is 0.256 e. The van der Waals surface area contributed by atoms with Gasteiger partial charge in [0.05, 0.1) is 24.5 Å². The molecule has 1 saturated heterocycles. The van der Waals surface area contributed by atoms with Gasteiger partial charge >= 0.3 is 0 Å². The van der Waals surface area contributed by atoms with E-state index < -0.39 is 0 Å². The van der Waals surface area contributed by atoms with E-state index >= 15 is 0 Å². The molecule has 1 aliphatic rings. The number of para-hydroxylation sites is 2. The lowest BCUT2D eigenvalue weighted by atomic mass is 10.2. The van der Waals surface area contributed by atoms with E-state index in [-0.39, 0.29) is 34.4 Å². The molecule has 1 fully saturated rings. The summed E-state index contributed by atoms with van der Waals surface area (Å²) in [6.07, 6.45) is 0. The molecule has 0 atom stereocenters. The van der Waals surface area contributed by atoms with Crippen molar-refractivity contribution < 1.29 is 19.8 Å². The van der Waals surface area contributed by atoms with E-state index in [0.29, 0.717) is 13.3 Å². The van der Waals surface area contributed by atoms with E-state index in [0.717, 1.165) is 26.2 Å². The molecule has 0 aromatic heterocycles. The largest absolute Gasteiger partial charge is 0.507 e. The van der Waals surface area contributed by atoms with Gasteiger partial charge in [-0.15, -0.1) is 0 Å². The number of hydrogen-bond donors (Lipinski definition) is 4. The third kappa shape index (κ3) is 4.99. The summed E-state index contributed by atoms with van der Waals surface area (Å²) in [6.45, 7) is 3.76. The monoisotopic (exact) mass is 384 g/mol. The highest BCUT2D eigenvalue weighted by Gasteiger charge is 2.19. The summed E-state index contributed by atoms with van der Waals surface area (Å²) in [6, 6.07) is 12.9. The Hall–Kier alpha value is -3.10. The van der Waals surface area contributed by atoms with Gasteiger partial charge in [0.15, 0.2) is 0 Å². The van der Waals surface area contributed by atoms with Crippen LogP contribution in [0.1, 0.15) is 20.7 Å². The summed E-state index contributed by atoms with van der Waals surface area (Å²) in [5.41, 5.74) is 0.515. The number of carbonyl (C=O) groups excluding carboxylic acids is 2. The first-order valence-corrected chi connectivity index (χ1v) is 9.11. The first-order valence-electron chi connectivity index (χ1n) is 9.11. The minimum Gasteiger partial charge on any atom is -0.507 e. The van der Waals surface area contributed by atoms with Crippen LogP contribution in [0.15, 0.2) is 48.5 Å². The van der Waals surface area contributed by atoms with Crippen molar-refractivity contribution in [2.45, 2.75) is 0 Å². The van der Waals surface area contributed by atoms with Gasteiger partial charge in [0.1, 0.15) is 11.5 Å². The molecule has 0 unspecified atom stereocenters. The van der Waals surface area contributed by atoms with Crippen LogP contribution in [-0.2, 0) is 0 Å². The molecule has 0 aliphatic carbocycles. The summed E-state index contributed by atoms with van der Waals surface area (Å²) < 4.78 is 0. The van der Waals surface area contributed by atoms with Crippen LogP contribution in [0.5, 0.6) is 11.5 Å². The number of amides is 2. The molecule has 2 aromatic rings. The molecule has 8 nitrogen and oxygen atoms in total. The maximum absolute atomic E-state index is 12.1. The quantitative estimate of drug-likeness (QED) is 0.587. The first-order chi connectivity index (χ1) is 13.5. The molecular weight excluding hydrogens is 360 g/mol. The minimum atomic E-state index is -0.310. The molecule has 2 amide bonds. The number of phenolic OH excluding ortho intramolecular Hbond substituents is 2. The molecule has 0 saturated carbocycles. The summed E-state index contributed by atoms with van der Waals surface area (Å²) in [7, 11) is 0. The number of phenols is 2. The number of piperazine rings is 1. The summed E-state index contributed by atoms with van der Waals surface area (Å²) in [5, 5.41) is 25.1. The third-order valence-corrected chi connectivity index (χ3v) is 4.69. The Balaban J connectivity index is 1.39. The van der Waals surface area contributed by atoms with Crippen LogP contribution in [0, 0.1) is 0 Å². The van der Waals surface area contributed by atoms with E-state index in [9.17, 15) is 19.8 Å². The van der Waals surface area contributed by atoms with Crippen LogP contribution in [0.4, 0.5) is 0 Å². The number of nitrogens with one attached hydrogen (secondary N) is 2. The average molecular weight is 384 g/mol. The second-order valence-corrected chi connectivity index (χ2v) is 6.60. The lowest BCUT2D eigenvalue weighted by Gasteiger charge is -2.34. The van der Waals surface area contributed by atoms with Crippen molar-refractivity contribution in [2.24, 2.45) is 0 Å². The highest BCUT2D eigenvalue weighted by Crippen LogP contribution is 2.16. The fourth-order valence-corrected chi connectivity index (χ4v) is 2.99. The average Bonchev–Trinajstić information content (AvgIpc) is 2.71. The summed E-state index contributed by atoms with van der Waals surface area (Å²) >= 11 is 0. The van der Waals surface area contributed by atoms with E-state index in [2.05, 4.69) is 20.4 Å². The molecule has 4 N–H and O–H groups in total. The Bertz CT molecular complexity index is 765. The Morgan fingerprint density at radius 2 is 1.07 bits per heavy atom. The molecule has 148 valence electrons. The number of hydrogen-bond acceptors (Lipinski definition) is 6. The smallest absolute Gasteiger partial charge is 0.256 e. The molecule has 2 aromatic carbocycles. The zero-order chi connectivity index (χ0) is 19.9. The lowest BCUT2D eigenvalue weighted by Crippen LogP contribution is -2.52. The molecule has 3 rings (SSSR count). The van der Waals surface area contributed by atoms with Gasteiger partial charge in [-0.05, 0) is 24.3 Å². The number of carbonyl (C=O) groups is 2. The van der Waals surface area contributed by atoms with Crippen LogP contribution < -0.4 is 10.6 Å². The third-order valence-electron chi connectivity index (χ3n) is 4.69. The van der Waals surface area contributed by atoms with Gasteiger partial charge in [0.2, 0.25) is 0 Å². The van der Waals surface area contributed by atoms with Crippen molar-refractivity contribution in [3.05, 3.63) is 59.7 Å². The van der Waals surface area contributed by atoms with Gasteiger partial charge in [-0.2, -0.15) is 0 Å². The van der Waals surface area contributed by atoms with Gasteiger partial charge in [0, 0.05) is 26.2 Å². The van der Waals surface area contributed by atoms with Crippen molar-refractivity contribution in [1.29, 1.82) is 0 Å². The zero-order valence-corrected chi connectivity index (χ0v) is 15.5. The minimum absolute atomic E-state index is 0.0370. The fraction of sp³-hybridized carbons (Fsp3) is 0.300.